The largest absolute Gasteiger partial charge is 0.399 e. The topological polar surface area (TPSA) is 81.1 Å². The summed E-state index contributed by atoms with van der Waals surface area (Å²) in [5, 5.41) is 7.21. The Kier molecular flexibility index (Phi) is 3.30. The number of hydrogen-bond donors (Lipinski definition) is 3. The second kappa shape index (κ2) is 4.88. The fourth-order valence-corrected chi connectivity index (χ4v) is 2.18. The Morgan fingerprint density at radius 2 is 2.18 bits per heavy atom. The van der Waals surface area contributed by atoms with E-state index in [9.17, 15) is 4.79 Å². The third kappa shape index (κ3) is 2.76. The Balaban J connectivity index is 2.19. The van der Waals surface area contributed by atoms with Gasteiger partial charge in [0.05, 0.1) is 5.56 Å². The molecule has 1 heterocycles. The van der Waals surface area contributed by atoms with Crippen LogP contribution in [0.15, 0.2) is 35.0 Å². The van der Waals surface area contributed by atoms with Gasteiger partial charge in [-0.3, -0.25) is 4.79 Å². The van der Waals surface area contributed by atoms with Crippen LogP contribution >= 0.6 is 11.3 Å². The van der Waals surface area contributed by atoms with Crippen molar-refractivity contribution in [3.8, 4) is 0 Å². The zero-order chi connectivity index (χ0) is 12.3. The van der Waals surface area contributed by atoms with Gasteiger partial charge in [-0.2, -0.15) is 11.3 Å². The van der Waals surface area contributed by atoms with Crippen LogP contribution in [0.25, 0.3) is 0 Å². The van der Waals surface area contributed by atoms with Crippen LogP contribution in [-0.2, 0) is 6.54 Å². The van der Waals surface area contributed by atoms with Crippen LogP contribution in [-0.4, -0.2) is 5.91 Å². The van der Waals surface area contributed by atoms with Crippen molar-refractivity contribution >= 4 is 28.6 Å². The molecule has 0 saturated carbocycles. The third-order valence-corrected chi connectivity index (χ3v) is 3.10. The first kappa shape index (κ1) is 11.5. The minimum Gasteiger partial charge on any atom is -0.399 e. The Morgan fingerprint density at radius 3 is 2.82 bits per heavy atom. The van der Waals surface area contributed by atoms with Gasteiger partial charge in [-0.1, -0.05) is 0 Å². The summed E-state index contributed by atoms with van der Waals surface area (Å²) >= 11 is 1.63. The highest BCUT2D eigenvalue weighted by molar-refractivity contribution is 7.07. The number of nitrogen functional groups attached to an aromatic ring is 1. The molecule has 1 aromatic carbocycles. The summed E-state index contributed by atoms with van der Waals surface area (Å²) < 4.78 is 0. The molecule has 5 heteroatoms. The molecule has 1 aromatic heterocycles. The van der Waals surface area contributed by atoms with Gasteiger partial charge in [-0.05, 0) is 40.6 Å². The molecule has 0 aliphatic rings. The van der Waals surface area contributed by atoms with Crippen molar-refractivity contribution in [3.63, 3.8) is 0 Å². The first-order valence-corrected chi connectivity index (χ1v) is 6.05. The first-order valence-electron chi connectivity index (χ1n) is 5.11. The molecule has 0 bridgehead atoms. The molecule has 0 saturated heterocycles. The van der Waals surface area contributed by atoms with E-state index in [1.807, 2.05) is 16.8 Å². The number of thiophene rings is 1. The lowest BCUT2D eigenvalue weighted by atomic mass is 10.1. The number of amides is 1. The van der Waals surface area contributed by atoms with Gasteiger partial charge in [0.25, 0.3) is 5.91 Å². The average molecular weight is 247 g/mol. The van der Waals surface area contributed by atoms with E-state index in [-0.39, 0.29) is 0 Å². The number of benzene rings is 1. The molecule has 1 amide bonds. The SMILES string of the molecule is NC(=O)c1ccc(N)cc1NCc1ccsc1. The molecule has 0 aliphatic carbocycles. The van der Waals surface area contributed by atoms with E-state index in [1.54, 1.807) is 29.5 Å². The van der Waals surface area contributed by atoms with E-state index >= 15 is 0 Å². The third-order valence-electron chi connectivity index (χ3n) is 2.37. The Hall–Kier alpha value is -2.01. The number of carbonyl (C=O) groups is 1. The predicted molar refractivity (Wildman–Crippen MR) is 71.0 cm³/mol. The quantitative estimate of drug-likeness (QED) is 0.723. The molecule has 5 N–H and O–H groups in total. The van der Waals surface area contributed by atoms with E-state index in [4.69, 9.17) is 11.5 Å². The molecule has 0 atom stereocenters. The minimum absolute atomic E-state index is 0.453. The minimum atomic E-state index is -0.460. The van der Waals surface area contributed by atoms with Crippen LogP contribution in [0, 0.1) is 0 Å². The smallest absolute Gasteiger partial charge is 0.250 e. The molecule has 0 radical (unpaired) electrons. The lowest BCUT2D eigenvalue weighted by molar-refractivity contribution is 0.100. The molecule has 0 fully saturated rings. The molecule has 88 valence electrons. The first-order chi connectivity index (χ1) is 8.16. The number of nitrogens with two attached hydrogens (primary N) is 2. The van der Waals surface area contributed by atoms with E-state index < -0.39 is 5.91 Å². The number of hydrogen-bond acceptors (Lipinski definition) is 4. The van der Waals surface area contributed by atoms with Crippen molar-refractivity contribution in [1.29, 1.82) is 0 Å². The fraction of sp³-hybridized carbons (Fsp3) is 0.0833. The summed E-state index contributed by atoms with van der Waals surface area (Å²) in [6, 6.07) is 7.03. The molecule has 2 rings (SSSR count). The van der Waals surface area contributed by atoms with Gasteiger partial charge in [-0.25, -0.2) is 0 Å². The van der Waals surface area contributed by atoms with E-state index in [0.29, 0.717) is 23.5 Å². The fourth-order valence-electron chi connectivity index (χ4n) is 1.51. The monoisotopic (exact) mass is 247 g/mol. The summed E-state index contributed by atoms with van der Waals surface area (Å²) in [5.74, 6) is -0.460. The maximum atomic E-state index is 11.2. The number of primary amides is 1. The van der Waals surface area contributed by atoms with Gasteiger partial charge in [0, 0.05) is 17.9 Å². The predicted octanol–water partition coefficient (Wildman–Crippen LogP) is 2.04. The average Bonchev–Trinajstić information content (AvgIpc) is 2.78. The Morgan fingerprint density at radius 1 is 1.35 bits per heavy atom. The van der Waals surface area contributed by atoms with E-state index in [0.717, 1.165) is 5.56 Å². The number of rotatable bonds is 4. The zero-order valence-corrected chi connectivity index (χ0v) is 9.96. The number of carbonyl (C=O) groups excluding carboxylic acids is 1. The van der Waals surface area contributed by atoms with Gasteiger partial charge in [0.1, 0.15) is 0 Å². The van der Waals surface area contributed by atoms with Crippen molar-refractivity contribution < 1.29 is 4.79 Å². The highest BCUT2D eigenvalue weighted by atomic mass is 32.1. The molecule has 17 heavy (non-hydrogen) atoms. The highest BCUT2D eigenvalue weighted by Crippen LogP contribution is 2.20. The molecule has 2 aromatic rings. The summed E-state index contributed by atoms with van der Waals surface area (Å²) in [6.07, 6.45) is 0. The summed E-state index contributed by atoms with van der Waals surface area (Å²) in [6.45, 7) is 0.646. The van der Waals surface area contributed by atoms with Crippen molar-refractivity contribution in [3.05, 3.63) is 46.2 Å². The van der Waals surface area contributed by atoms with E-state index in [1.165, 1.54) is 0 Å². The summed E-state index contributed by atoms with van der Waals surface area (Å²) in [5.41, 5.74) is 13.9. The van der Waals surface area contributed by atoms with Crippen molar-refractivity contribution in [2.24, 2.45) is 5.73 Å². The highest BCUT2D eigenvalue weighted by Gasteiger charge is 2.08. The lowest BCUT2D eigenvalue weighted by Gasteiger charge is -2.10. The summed E-state index contributed by atoms with van der Waals surface area (Å²) in [7, 11) is 0. The van der Waals surface area contributed by atoms with Gasteiger partial charge >= 0.3 is 0 Å². The molecule has 4 nitrogen and oxygen atoms in total. The van der Waals surface area contributed by atoms with Crippen LogP contribution < -0.4 is 16.8 Å². The second-order valence-electron chi connectivity index (χ2n) is 3.65. The number of nitrogens with one attached hydrogen (secondary N) is 1. The molecule has 0 spiro atoms. The Labute approximate surface area is 103 Å². The molecule has 0 unspecified atom stereocenters. The van der Waals surface area contributed by atoms with E-state index in [2.05, 4.69) is 5.32 Å². The van der Waals surface area contributed by atoms with Crippen LogP contribution in [0.1, 0.15) is 15.9 Å². The van der Waals surface area contributed by atoms with Crippen molar-refractivity contribution in [2.75, 3.05) is 11.1 Å². The standard InChI is InChI=1S/C12H13N3OS/c13-9-1-2-10(12(14)16)11(5-9)15-6-8-3-4-17-7-8/h1-5,7,15H,6,13H2,(H2,14,16). The normalized spacial score (nSPS) is 10.1. The van der Waals surface area contributed by atoms with Crippen LogP contribution in [0.4, 0.5) is 11.4 Å². The summed E-state index contributed by atoms with van der Waals surface area (Å²) in [4.78, 5) is 11.2. The molecule has 0 aliphatic heterocycles. The van der Waals surface area contributed by atoms with Crippen molar-refractivity contribution in [2.45, 2.75) is 6.54 Å². The van der Waals surface area contributed by atoms with Crippen LogP contribution in [0.5, 0.6) is 0 Å². The van der Waals surface area contributed by atoms with Crippen LogP contribution in [0.2, 0.25) is 0 Å². The maximum Gasteiger partial charge on any atom is 0.250 e. The van der Waals surface area contributed by atoms with Gasteiger partial charge in [0.15, 0.2) is 0 Å². The van der Waals surface area contributed by atoms with Crippen molar-refractivity contribution in [1.82, 2.24) is 0 Å². The zero-order valence-electron chi connectivity index (χ0n) is 9.14. The maximum absolute atomic E-state index is 11.2. The second-order valence-corrected chi connectivity index (χ2v) is 4.43. The molecular formula is C12H13N3OS. The van der Waals surface area contributed by atoms with Crippen LogP contribution in [0.3, 0.4) is 0 Å². The molecular weight excluding hydrogens is 234 g/mol. The van der Waals surface area contributed by atoms with Gasteiger partial charge < -0.3 is 16.8 Å². The van der Waals surface area contributed by atoms with Gasteiger partial charge in [0.2, 0.25) is 0 Å². The Bertz CT molecular complexity index is 523. The number of anilines is 2. The lowest BCUT2D eigenvalue weighted by Crippen LogP contribution is -2.14. The van der Waals surface area contributed by atoms with Gasteiger partial charge in [-0.15, -0.1) is 0 Å².